The van der Waals surface area contributed by atoms with Gasteiger partial charge >= 0.3 is 0 Å². The molecule has 24 heavy (non-hydrogen) atoms. The van der Waals surface area contributed by atoms with Crippen LogP contribution in [0.1, 0.15) is 12.0 Å². The molecule has 0 fully saturated rings. The predicted octanol–water partition coefficient (Wildman–Crippen LogP) is 3.48. The van der Waals surface area contributed by atoms with Crippen LogP contribution in [-0.2, 0) is 11.3 Å². The largest absolute Gasteiger partial charge is 0.495 e. The van der Waals surface area contributed by atoms with Crippen molar-refractivity contribution >= 4 is 23.2 Å². The highest BCUT2D eigenvalue weighted by Crippen LogP contribution is 2.35. The smallest absolute Gasteiger partial charge is 0.222 e. The van der Waals surface area contributed by atoms with Crippen LogP contribution in [0, 0.1) is 0 Å². The van der Waals surface area contributed by atoms with Crippen LogP contribution in [0.15, 0.2) is 42.5 Å². The molecule has 0 heterocycles. The van der Waals surface area contributed by atoms with Gasteiger partial charge in [0.2, 0.25) is 5.91 Å². The topological polar surface area (TPSA) is 59.6 Å². The van der Waals surface area contributed by atoms with E-state index in [4.69, 9.17) is 21.1 Å². The van der Waals surface area contributed by atoms with Gasteiger partial charge in [-0.1, -0.05) is 41.9 Å². The van der Waals surface area contributed by atoms with Crippen molar-refractivity contribution in [2.45, 2.75) is 13.0 Å². The second-order valence-corrected chi connectivity index (χ2v) is 5.53. The molecule has 0 aliphatic carbocycles. The molecule has 1 amide bonds. The summed E-state index contributed by atoms with van der Waals surface area (Å²) < 4.78 is 10.5. The Labute approximate surface area is 146 Å². The van der Waals surface area contributed by atoms with Gasteiger partial charge in [0.1, 0.15) is 11.5 Å². The third kappa shape index (κ3) is 5.06. The van der Waals surface area contributed by atoms with Crippen molar-refractivity contribution in [3.63, 3.8) is 0 Å². The lowest BCUT2D eigenvalue weighted by atomic mass is 10.2. The highest BCUT2D eigenvalue weighted by Gasteiger charge is 2.10. The molecule has 0 bridgehead atoms. The molecule has 0 saturated carbocycles. The molecule has 0 atom stereocenters. The Hall–Kier alpha value is -2.40. The van der Waals surface area contributed by atoms with Gasteiger partial charge < -0.3 is 20.1 Å². The molecule has 128 valence electrons. The number of methoxy groups -OCH3 is 2. The summed E-state index contributed by atoms with van der Waals surface area (Å²) in [6.07, 6.45) is 0.348. The Kier molecular flexibility index (Phi) is 6.75. The molecule has 2 rings (SSSR count). The fraction of sp³-hybridized carbons (Fsp3) is 0.278. The van der Waals surface area contributed by atoms with Crippen LogP contribution >= 0.6 is 11.6 Å². The minimum Gasteiger partial charge on any atom is -0.495 e. The average Bonchev–Trinajstić information content (AvgIpc) is 2.61. The summed E-state index contributed by atoms with van der Waals surface area (Å²) in [6, 6.07) is 13.2. The number of carbonyl (C=O) groups excluding carboxylic acids is 1. The molecule has 2 aromatic rings. The molecule has 0 aromatic heterocycles. The van der Waals surface area contributed by atoms with Gasteiger partial charge in [0.15, 0.2) is 0 Å². The van der Waals surface area contributed by atoms with Gasteiger partial charge in [0, 0.05) is 31.6 Å². The Morgan fingerprint density at radius 2 is 1.79 bits per heavy atom. The number of hydrogen-bond acceptors (Lipinski definition) is 4. The summed E-state index contributed by atoms with van der Waals surface area (Å²) in [5.41, 5.74) is 1.80. The molecule has 0 radical (unpaired) electrons. The third-order valence-corrected chi connectivity index (χ3v) is 3.77. The molecule has 0 aliphatic rings. The maximum Gasteiger partial charge on any atom is 0.222 e. The average molecular weight is 349 g/mol. The van der Waals surface area contributed by atoms with Gasteiger partial charge in [-0.05, 0) is 5.56 Å². The normalized spacial score (nSPS) is 10.1. The maximum atomic E-state index is 11.9. The zero-order valence-electron chi connectivity index (χ0n) is 13.8. The van der Waals surface area contributed by atoms with Crippen LogP contribution in [0.25, 0.3) is 0 Å². The molecule has 6 heteroatoms. The van der Waals surface area contributed by atoms with Crippen LogP contribution < -0.4 is 20.1 Å². The quantitative estimate of drug-likeness (QED) is 0.766. The van der Waals surface area contributed by atoms with Crippen molar-refractivity contribution in [3.8, 4) is 11.5 Å². The summed E-state index contributed by atoms with van der Waals surface area (Å²) in [5, 5.41) is 6.53. The number of rotatable bonds is 8. The van der Waals surface area contributed by atoms with E-state index in [9.17, 15) is 4.79 Å². The van der Waals surface area contributed by atoms with E-state index < -0.39 is 0 Å². The molecule has 0 aliphatic heterocycles. The number of amides is 1. The van der Waals surface area contributed by atoms with Crippen LogP contribution in [0.3, 0.4) is 0 Å². The first-order valence-electron chi connectivity index (χ1n) is 7.60. The van der Waals surface area contributed by atoms with Gasteiger partial charge in [-0.15, -0.1) is 0 Å². The first-order chi connectivity index (χ1) is 11.6. The highest BCUT2D eigenvalue weighted by atomic mass is 35.5. The number of halogens is 1. The van der Waals surface area contributed by atoms with Crippen LogP contribution in [0.5, 0.6) is 11.5 Å². The van der Waals surface area contributed by atoms with Crippen molar-refractivity contribution in [2.24, 2.45) is 0 Å². The lowest BCUT2D eigenvalue weighted by Crippen LogP contribution is -2.24. The van der Waals surface area contributed by atoms with E-state index in [2.05, 4.69) is 10.6 Å². The van der Waals surface area contributed by atoms with Gasteiger partial charge in [0.05, 0.1) is 24.9 Å². The van der Waals surface area contributed by atoms with E-state index in [-0.39, 0.29) is 5.91 Å². The molecule has 0 saturated heterocycles. The van der Waals surface area contributed by atoms with Crippen molar-refractivity contribution in [1.82, 2.24) is 5.32 Å². The van der Waals surface area contributed by atoms with E-state index in [1.807, 2.05) is 30.3 Å². The minimum atomic E-state index is -0.0220. The van der Waals surface area contributed by atoms with Crippen LogP contribution in [0.4, 0.5) is 5.69 Å². The van der Waals surface area contributed by atoms with Gasteiger partial charge in [-0.3, -0.25) is 4.79 Å². The Bertz CT molecular complexity index is 677. The minimum absolute atomic E-state index is 0.0220. The van der Waals surface area contributed by atoms with E-state index in [0.717, 1.165) is 11.3 Å². The number of anilines is 1. The van der Waals surface area contributed by atoms with E-state index in [1.54, 1.807) is 26.4 Å². The van der Waals surface area contributed by atoms with Crippen molar-refractivity contribution < 1.29 is 14.3 Å². The zero-order chi connectivity index (χ0) is 17.4. The van der Waals surface area contributed by atoms with Crippen molar-refractivity contribution in [3.05, 3.63) is 53.1 Å². The molecule has 2 aromatic carbocycles. The van der Waals surface area contributed by atoms with E-state index >= 15 is 0 Å². The summed E-state index contributed by atoms with van der Waals surface area (Å²) in [6.45, 7) is 1.000. The van der Waals surface area contributed by atoms with Crippen LogP contribution in [0.2, 0.25) is 5.02 Å². The molecule has 0 spiro atoms. The zero-order valence-corrected chi connectivity index (χ0v) is 14.5. The monoisotopic (exact) mass is 348 g/mol. The second kappa shape index (κ2) is 9.03. The molecule has 0 unspecified atom stereocenters. The number of hydrogen-bond donors (Lipinski definition) is 2. The SMILES string of the molecule is COc1cc(NCCC(=O)NCc2ccccc2)c(OC)cc1Cl. The second-order valence-electron chi connectivity index (χ2n) is 5.13. The number of nitrogens with one attached hydrogen (secondary N) is 2. The lowest BCUT2D eigenvalue weighted by molar-refractivity contribution is -0.121. The number of benzene rings is 2. The summed E-state index contributed by atoms with van der Waals surface area (Å²) in [7, 11) is 3.12. The van der Waals surface area contributed by atoms with Gasteiger partial charge in [-0.25, -0.2) is 0 Å². The molecular formula is C18H21ClN2O3. The third-order valence-electron chi connectivity index (χ3n) is 3.47. The van der Waals surface area contributed by atoms with Gasteiger partial charge in [-0.2, -0.15) is 0 Å². The summed E-state index contributed by atoms with van der Waals surface area (Å²) >= 11 is 6.07. The molecule has 5 nitrogen and oxygen atoms in total. The highest BCUT2D eigenvalue weighted by molar-refractivity contribution is 6.32. The predicted molar refractivity (Wildman–Crippen MR) is 96.0 cm³/mol. The van der Waals surface area contributed by atoms with Crippen LogP contribution in [-0.4, -0.2) is 26.7 Å². The van der Waals surface area contributed by atoms with E-state index in [1.165, 1.54) is 0 Å². The molecular weight excluding hydrogens is 328 g/mol. The Morgan fingerprint density at radius 1 is 1.08 bits per heavy atom. The van der Waals surface area contributed by atoms with Crippen molar-refractivity contribution in [1.29, 1.82) is 0 Å². The lowest BCUT2D eigenvalue weighted by Gasteiger charge is -2.14. The summed E-state index contributed by atoms with van der Waals surface area (Å²) in [4.78, 5) is 11.9. The first kappa shape index (κ1) is 17.9. The Balaban J connectivity index is 1.84. The van der Waals surface area contributed by atoms with E-state index in [0.29, 0.717) is 36.0 Å². The number of ether oxygens (including phenoxy) is 2. The number of carbonyl (C=O) groups is 1. The summed E-state index contributed by atoms with van der Waals surface area (Å²) in [5.74, 6) is 1.13. The van der Waals surface area contributed by atoms with Crippen molar-refractivity contribution in [2.75, 3.05) is 26.1 Å². The standard InChI is InChI=1S/C18H21ClN2O3/c1-23-16-11-15(17(24-2)10-14(16)19)20-9-8-18(22)21-12-13-6-4-3-5-7-13/h3-7,10-11,20H,8-9,12H2,1-2H3,(H,21,22). The molecule has 2 N–H and O–H groups in total. The fourth-order valence-electron chi connectivity index (χ4n) is 2.19. The first-order valence-corrected chi connectivity index (χ1v) is 7.98. The fourth-order valence-corrected chi connectivity index (χ4v) is 2.43. The van der Waals surface area contributed by atoms with Gasteiger partial charge in [0.25, 0.3) is 0 Å². The Morgan fingerprint density at radius 3 is 2.46 bits per heavy atom. The maximum absolute atomic E-state index is 11.9.